The number of fused-ring (bicyclic) bond motifs is 1. The van der Waals surface area contributed by atoms with Gasteiger partial charge in [0.15, 0.2) is 11.5 Å². The van der Waals surface area contributed by atoms with Crippen LogP contribution in [0.1, 0.15) is 40.5 Å². The highest BCUT2D eigenvalue weighted by atomic mass is 15.2. The fourth-order valence-corrected chi connectivity index (χ4v) is 1.87. The second-order valence-electron chi connectivity index (χ2n) is 4.92. The molecule has 3 N–H and O–H groups in total. The van der Waals surface area contributed by atoms with Gasteiger partial charge in [0.1, 0.15) is 5.52 Å². The summed E-state index contributed by atoms with van der Waals surface area (Å²) in [6, 6.07) is 0. The van der Waals surface area contributed by atoms with Crippen LogP contribution in [0.2, 0.25) is 0 Å². The third-order valence-electron chi connectivity index (χ3n) is 3.60. The number of nitrogens with one attached hydrogen (secondary N) is 3. The van der Waals surface area contributed by atoms with Crippen molar-refractivity contribution in [2.24, 2.45) is 0 Å². The van der Waals surface area contributed by atoms with Crippen LogP contribution in [-0.4, -0.2) is 32.0 Å². The molecule has 6 heteroatoms. The minimum atomic E-state index is 0.0237. The monoisotopic (exact) mass is 262 g/mol. The topological polar surface area (TPSA) is 78.5 Å². The third-order valence-corrected chi connectivity index (χ3v) is 3.60. The Morgan fingerprint density at radius 3 is 2.58 bits per heavy atom. The molecule has 2 rings (SSSR count). The van der Waals surface area contributed by atoms with Gasteiger partial charge in [0.2, 0.25) is 5.95 Å². The molecule has 0 aromatic carbocycles. The molecule has 0 radical (unpaired) electrons. The SMILES string of the molecule is CCNc1nc(NC(C)(CC)CC)c2[nH]cnc2n1. The van der Waals surface area contributed by atoms with Crippen molar-refractivity contribution in [3.63, 3.8) is 0 Å². The summed E-state index contributed by atoms with van der Waals surface area (Å²) >= 11 is 0. The van der Waals surface area contributed by atoms with E-state index in [0.717, 1.165) is 30.7 Å². The Hall–Kier alpha value is -1.85. The lowest BCUT2D eigenvalue weighted by Crippen LogP contribution is -2.33. The van der Waals surface area contributed by atoms with Gasteiger partial charge in [-0.05, 0) is 26.7 Å². The third kappa shape index (κ3) is 2.77. The number of imidazole rings is 1. The smallest absolute Gasteiger partial charge is 0.226 e. The maximum absolute atomic E-state index is 4.54. The second kappa shape index (κ2) is 5.42. The van der Waals surface area contributed by atoms with Gasteiger partial charge < -0.3 is 15.6 Å². The average molecular weight is 262 g/mol. The van der Waals surface area contributed by atoms with Crippen LogP contribution in [0.3, 0.4) is 0 Å². The Balaban J connectivity index is 2.42. The quantitative estimate of drug-likeness (QED) is 0.746. The number of hydrogen-bond donors (Lipinski definition) is 3. The average Bonchev–Trinajstić information content (AvgIpc) is 2.87. The van der Waals surface area contributed by atoms with Gasteiger partial charge in [0.05, 0.1) is 6.33 Å². The van der Waals surface area contributed by atoms with E-state index in [-0.39, 0.29) is 5.54 Å². The Bertz CT molecular complexity index is 543. The summed E-state index contributed by atoms with van der Waals surface area (Å²) in [5, 5.41) is 6.66. The van der Waals surface area contributed by atoms with Crippen molar-refractivity contribution in [2.75, 3.05) is 17.2 Å². The van der Waals surface area contributed by atoms with Gasteiger partial charge in [0, 0.05) is 12.1 Å². The predicted octanol–water partition coefficient (Wildman–Crippen LogP) is 2.78. The molecule has 0 saturated carbocycles. The van der Waals surface area contributed by atoms with E-state index < -0.39 is 0 Å². The normalized spacial score (nSPS) is 11.8. The Labute approximate surface area is 113 Å². The summed E-state index contributed by atoms with van der Waals surface area (Å²) in [7, 11) is 0. The van der Waals surface area contributed by atoms with Crippen molar-refractivity contribution in [1.82, 2.24) is 19.9 Å². The number of anilines is 2. The molecule has 0 unspecified atom stereocenters. The molecule has 0 aliphatic rings. The van der Waals surface area contributed by atoms with E-state index in [2.05, 4.69) is 51.3 Å². The van der Waals surface area contributed by atoms with Crippen molar-refractivity contribution in [3.05, 3.63) is 6.33 Å². The molecule has 104 valence electrons. The van der Waals surface area contributed by atoms with Crippen molar-refractivity contribution in [1.29, 1.82) is 0 Å². The van der Waals surface area contributed by atoms with Gasteiger partial charge in [-0.3, -0.25) is 0 Å². The van der Waals surface area contributed by atoms with E-state index in [4.69, 9.17) is 0 Å². The lowest BCUT2D eigenvalue weighted by Gasteiger charge is -2.29. The van der Waals surface area contributed by atoms with Crippen molar-refractivity contribution >= 4 is 22.9 Å². The summed E-state index contributed by atoms with van der Waals surface area (Å²) in [6.45, 7) is 9.35. The van der Waals surface area contributed by atoms with E-state index in [9.17, 15) is 0 Å². The van der Waals surface area contributed by atoms with Crippen LogP contribution in [0.4, 0.5) is 11.8 Å². The molecular weight excluding hydrogens is 240 g/mol. The first-order chi connectivity index (χ1) is 9.11. The van der Waals surface area contributed by atoms with Gasteiger partial charge in [-0.25, -0.2) is 4.98 Å². The number of aromatic amines is 1. The summed E-state index contributed by atoms with van der Waals surface area (Å²) in [6.07, 6.45) is 3.70. The van der Waals surface area contributed by atoms with E-state index in [0.29, 0.717) is 11.6 Å². The van der Waals surface area contributed by atoms with Crippen LogP contribution in [0.15, 0.2) is 6.33 Å². The molecule has 2 aromatic rings. The molecule has 0 aliphatic carbocycles. The Morgan fingerprint density at radius 2 is 1.95 bits per heavy atom. The standard InChI is InChI=1S/C13H22N6/c1-5-13(4,6-2)19-11-9-10(16-8-15-9)17-12(18-11)14-7-3/h8H,5-7H2,1-4H3,(H3,14,15,16,17,18,19). The summed E-state index contributed by atoms with van der Waals surface area (Å²) in [5.74, 6) is 1.42. The van der Waals surface area contributed by atoms with Gasteiger partial charge >= 0.3 is 0 Å². The largest absolute Gasteiger partial charge is 0.363 e. The lowest BCUT2D eigenvalue weighted by atomic mass is 9.95. The minimum Gasteiger partial charge on any atom is -0.363 e. The van der Waals surface area contributed by atoms with Crippen LogP contribution in [0.25, 0.3) is 11.2 Å². The summed E-state index contributed by atoms with van der Waals surface area (Å²) < 4.78 is 0. The molecule has 2 heterocycles. The molecule has 0 spiro atoms. The van der Waals surface area contributed by atoms with Gasteiger partial charge in [0.25, 0.3) is 0 Å². The Morgan fingerprint density at radius 1 is 1.21 bits per heavy atom. The van der Waals surface area contributed by atoms with Crippen LogP contribution in [0.5, 0.6) is 0 Å². The molecular formula is C13H22N6. The zero-order valence-corrected chi connectivity index (χ0v) is 12.0. The second-order valence-corrected chi connectivity index (χ2v) is 4.92. The first kappa shape index (κ1) is 13.6. The number of aromatic nitrogens is 4. The van der Waals surface area contributed by atoms with Gasteiger partial charge in [-0.1, -0.05) is 13.8 Å². The zero-order chi connectivity index (χ0) is 13.9. The van der Waals surface area contributed by atoms with E-state index in [1.54, 1.807) is 6.33 Å². The van der Waals surface area contributed by atoms with Crippen molar-refractivity contribution in [2.45, 2.75) is 46.1 Å². The molecule has 0 aliphatic heterocycles. The summed E-state index contributed by atoms with van der Waals surface area (Å²) in [4.78, 5) is 16.2. The first-order valence-electron chi connectivity index (χ1n) is 6.85. The zero-order valence-electron chi connectivity index (χ0n) is 12.0. The van der Waals surface area contributed by atoms with Crippen molar-refractivity contribution in [3.8, 4) is 0 Å². The molecule has 0 amide bonds. The van der Waals surface area contributed by atoms with Gasteiger partial charge in [-0.15, -0.1) is 0 Å². The number of H-pyrrole nitrogens is 1. The maximum Gasteiger partial charge on any atom is 0.226 e. The van der Waals surface area contributed by atoms with Crippen LogP contribution in [0, 0.1) is 0 Å². The lowest BCUT2D eigenvalue weighted by molar-refractivity contribution is 0.477. The molecule has 19 heavy (non-hydrogen) atoms. The summed E-state index contributed by atoms with van der Waals surface area (Å²) in [5.41, 5.74) is 1.56. The molecule has 0 fully saturated rings. The fourth-order valence-electron chi connectivity index (χ4n) is 1.87. The van der Waals surface area contributed by atoms with E-state index >= 15 is 0 Å². The number of hydrogen-bond acceptors (Lipinski definition) is 5. The van der Waals surface area contributed by atoms with Crippen LogP contribution in [-0.2, 0) is 0 Å². The van der Waals surface area contributed by atoms with Gasteiger partial charge in [-0.2, -0.15) is 9.97 Å². The highest BCUT2D eigenvalue weighted by molar-refractivity contribution is 5.84. The highest BCUT2D eigenvalue weighted by Gasteiger charge is 2.22. The maximum atomic E-state index is 4.54. The molecule has 6 nitrogen and oxygen atoms in total. The molecule has 2 aromatic heterocycles. The Kier molecular flexibility index (Phi) is 3.87. The molecule has 0 atom stereocenters. The van der Waals surface area contributed by atoms with E-state index in [1.165, 1.54) is 0 Å². The minimum absolute atomic E-state index is 0.0237. The van der Waals surface area contributed by atoms with Crippen molar-refractivity contribution < 1.29 is 0 Å². The first-order valence-corrected chi connectivity index (χ1v) is 6.85. The highest BCUT2D eigenvalue weighted by Crippen LogP contribution is 2.25. The van der Waals surface area contributed by atoms with Crippen LogP contribution < -0.4 is 10.6 Å². The molecule has 0 saturated heterocycles. The number of rotatable bonds is 6. The number of nitrogens with zero attached hydrogens (tertiary/aromatic N) is 3. The van der Waals surface area contributed by atoms with Crippen LogP contribution >= 0.6 is 0 Å². The molecule has 0 bridgehead atoms. The van der Waals surface area contributed by atoms with E-state index in [1.807, 2.05) is 6.92 Å². The fraction of sp³-hybridized carbons (Fsp3) is 0.615. The predicted molar refractivity (Wildman–Crippen MR) is 78.5 cm³/mol.